The first-order chi connectivity index (χ1) is 10.1. The fourth-order valence-corrected chi connectivity index (χ4v) is 3.62. The molecule has 1 N–H and O–H groups in total. The van der Waals surface area contributed by atoms with Gasteiger partial charge in [-0.1, -0.05) is 19.8 Å². The molecule has 2 aliphatic carbocycles. The Morgan fingerprint density at radius 3 is 2.48 bits per heavy atom. The van der Waals surface area contributed by atoms with Crippen LogP contribution in [0, 0.1) is 5.41 Å². The van der Waals surface area contributed by atoms with Gasteiger partial charge < -0.3 is 0 Å². The molecular formula is C15H23N3O3. The second-order valence-corrected chi connectivity index (χ2v) is 6.37. The van der Waals surface area contributed by atoms with E-state index in [2.05, 4.69) is 17.1 Å². The average molecular weight is 293 g/mol. The summed E-state index contributed by atoms with van der Waals surface area (Å²) in [5, 5.41) is 2.39. The van der Waals surface area contributed by atoms with Crippen molar-refractivity contribution in [3.05, 3.63) is 0 Å². The smallest absolute Gasteiger partial charge is 0.299 e. The molecule has 6 nitrogen and oxygen atoms in total. The number of hydrogen-bond donors (Lipinski definition) is 1. The van der Waals surface area contributed by atoms with E-state index in [0.717, 1.165) is 19.4 Å². The molecule has 3 rings (SSSR count). The molecule has 3 aliphatic rings. The quantitative estimate of drug-likeness (QED) is 0.771. The predicted molar refractivity (Wildman–Crippen MR) is 76.4 cm³/mol. The number of carbonyl (C=O) groups is 3. The molecule has 0 radical (unpaired) electrons. The second kappa shape index (κ2) is 5.40. The van der Waals surface area contributed by atoms with Crippen LogP contribution < -0.4 is 5.32 Å². The molecule has 1 spiro atoms. The van der Waals surface area contributed by atoms with Gasteiger partial charge in [-0.2, -0.15) is 0 Å². The van der Waals surface area contributed by atoms with Crippen molar-refractivity contribution in [1.29, 1.82) is 0 Å². The van der Waals surface area contributed by atoms with Gasteiger partial charge in [-0.15, -0.1) is 0 Å². The number of rotatable bonds is 5. The first-order valence-corrected chi connectivity index (χ1v) is 8.00. The van der Waals surface area contributed by atoms with Crippen LogP contribution in [0.3, 0.4) is 0 Å². The van der Waals surface area contributed by atoms with E-state index < -0.39 is 11.4 Å². The van der Waals surface area contributed by atoms with Crippen molar-refractivity contribution in [3.63, 3.8) is 0 Å². The van der Waals surface area contributed by atoms with E-state index in [1.165, 1.54) is 17.7 Å². The number of likely N-dealkylation sites (N-methyl/N-ethyl adjacent to an activating group) is 1. The number of hydrogen-bond acceptors (Lipinski definition) is 4. The van der Waals surface area contributed by atoms with Crippen molar-refractivity contribution in [2.75, 3.05) is 19.6 Å². The molecule has 0 bridgehead atoms. The lowest BCUT2D eigenvalue weighted by Gasteiger charge is -2.37. The number of barbiturate groups is 1. The Kier molecular flexibility index (Phi) is 3.73. The van der Waals surface area contributed by atoms with Gasteiger partial charge in [0.05, 0.1) is 0 Å². The van der Waals surface area contributed by atoms with Gasteiger partial charge in [-0.05, 0) is 32.2 Å². The average Bonchev–Trinajstić information content (AvgIpc) is 3.17. The van der Waals surface area contributed by atoms with E-state index in [0.29, 0.717) is 32.0 Å². The summed E-state index contributed by atoms with van der Waals surface area (Å²) < 4.78 is 0. The Labute approximate surface area is 124 Å². The van der Waals surface area contributed by atoms with Gasteiger partial charge in [0.15, 0.2) is 0 Å². The zero-order valence-electron chi connectivity index (χ0n) is 12.6. The lowest BCUT2D eigenvalue weighted by atomic mass is 9.82. The fourth-order valence-electron chi connectivity index (χ4n) is 3.62. The molecule has 4 amide bonds. The van der Waals surface area contributed by atoms with Crippen molar-refractivity contribution in [2.24, 2.45) is 5.41 Å². The molecule has 6 heteroatoms. The van der Waals surface area contributed by atoms with E-state index in [1.807, 2.05) is 0 Å². The van der Waals surface area contributed by atoms with Crippen molar-refractivity contribution in [2.45, 2.75) is 51.5 Å². The lowest BCUT2D eigenvalue weighted by molar-refractivity contribution is -0.151. The molecule has 0 unspecified atom stereocenters. The first-order valence-electron chi connectivity index (χ1n) is 8.00. The van der Waals surface area contributed by atoms with Gasteiger partial charge in [0, 0.05) is 19.1 Å². The standard InChI is InChI=1S/C15H23N3O3/c1-2-17(11-5-6-11)9-10-18-13(20)15(7-3-4-8-15)12(19)16-14(18)21/h11H,2-10H2,1H3,(H,16,19,21). The SMILES string of the molecule is CCN(CCN1C(=O)NC(=O)C2(CCCC2)C1=O)C1CC1. The van der Waals surface area contributed by atoms with Gasteiger partial charge in [-0.3, -0.25) is 24.7 Å². The second-order valence-electron chi connectivity index (χ2n) is 6.37. The first kappa shape index (κ1) is 14.5. The van der Waals surface area contributed by atoms with Crippen LogP contribution in [-0.2, 0) is 9.59 Å². The minimum absolute atomic E-state index is 0.277. The summed E-state index contributed by atoms with van der Waals surface area (Å²) in [7, 11) is 0. The maximum absolute atomic E-state index is 12.7. The van der Waals surface area contributed by atoms with Crippen molar-refractivity contribution < 1.29 is 14.4 Å². The molecule has 3 fully saturated rings. The summed E-state index contributed by atoms with van der Waals surface area (Å²) in [6, 6.07) is 0.0643. The zero-order valence-corrected chi connectivity index (χ0v) is 12.6. The minimum atomic E-state index is -0.968. The number of nitrogens with one attached hydrogen (secondary N) is 1. The van der Waals surface area contributed by atoms with Crippen LogP contribution in [0.4, 0.5) is 4.79 Å². The number of imide groups is 2. The van der Waals surface area contributed by atoms with E-state index in [9.17, 15) is 14.4 Å². The molecule has 116 valence electrons. The van der Waals surface area contributed by atoms with Crippen LogP contribution in [0.15, 0.2) is 0 Å². The molecular weight excluding hydrogens is 270 g/mol. The zero-order chi connectivity index (χ0) is 15.0. The largest absolute Gasteiger partial charge is 0.330 e. The Balaban J connectivity index is 1.69. The topological polar surface area (TPSA) is 69.7 Å². The Hall–Kier alpha value is -1.43. The predicted octanol–water partition coefficient (Wildman–Crippen LogP) is 1.11. The van der Waals surface area contributed by atoms with Crippen molar-refractivity contribution >= 4 is 17.8 Å². The molecule has 1 heterocycles. The molecule has 21 heavy (non-hydrogen) atoms. The van der Waals surface area contributed by atoms with Crippen LogP contribution in [0.5, 0.6) is 0 Å². The van der Waals surface area contributed by atoms with Gasteiger partial charge >= 0.3 is 6.03 Å². The molecule has 1 aliphatic heterocycles. The maximum atomic E-state index is 12.7. The van der Waals surface area contributed by atoms with Crippen molar-refractivity contribution in [3.8, 4) is 0 Å². The highest BCUT2D eigenvalue weighted by atomic mass is 16.2. The number of nitrogens with zero attached hydrogens (tertiary/aromatic N) is 2. The minimum Gasteiger partial charge on any atom is -0.299 e. The van der Waals surface area contributed by atoms with Crippen LogP contribution >= 0.6 is 0 Å². The molecule has 0 aromatic rings. The maximum Gasteiger partial charge on any atom is 0.330 e. The summed E-state index contributed by atoms with van der Waals surface area (Å²) in [4.78, 5) is 40.4. The summed E-state index contributed by atoms with van der Waals surface area (Å²) in [5.74, 6) is -0.665. The summed E-state index contributed by atoms with van der Waals surface area (Å²) in [5.41, 5.74) is -0.968. The fraction of sp³-hybridized carbons (Fsp3) is 0.800. The van der Waals surface area contributed by atoms with Crippen molar-refractivity contribution in [1.82, 2.24) is 15.1 Å². The monoisotopic (exact) mass is 293 g/mol. The van der Waals surface area contributed by atoms with Crippen LogP contribution in [-0.4, -0.2) is 53.3 Å². The van der Waals surface area contributed by atoms with E-state index in [1.54, 1.807) is 0 Å². The van der Waals surface area contributed by atoms with E-state index in [-0.39, 0.29) is 11.8 Å². The van der Waals surface area contributed by atoms with Crippen LogP contribution in [0.1, 0.15) is 45.4 Å². The van der Waals surface area contributed by atoms with Gasteiger partial charge in [0.2, 0.25) is 11.8 Å². The van der Waals surface area contributed by atoms with Crippen LogP contribution in [0.25, 0.3) is 0 Å². The van der Waals surface area contributed by atoms with E-state index in [4.69, 9.17) is 0 Å². The Morgan fingerprint density at radius 1 is 1.24 bits per heavy atom. The summed E-state index contributed by atoms with van der Waals surface area (Å²) in [6.07, 6.45) is 5.31. The molecule has 2 saturated carbocycles. The normalized spacial score (nSPS) is 25.0. The third-order valence-corrected chi connectivity index (χ3v) is 5.09. The highest BCUT2D eigenvalue weighted by molar-refractivity contribution is 6.19. The number of carbonyl (C=O) groups excluding carboxylic acids is 3. The van der Waals surface area contributed by atoms with Gasteiger partial charge in [-0.25, -0.2) is 4.79 Å². The third kappa shape index (κ3) is 2.46. The highest BCUT2D eigenvalue weighted by Gasteiger charge is 2.54. The van der Waals surface area contributed by atoms with Crippen LogP contribution in [0.2, 0.25) is 0 Å². The lowest BCUT2D eigenvalue weighted by Crippen LogP contribution is -2.63. The Bertz CT molecular complexity index is 467. The molecule has 0 atom stereocenters. The van der Waals surface area contributed by atoms with E-state index >= 15 is 0 Å². The van der Waals surface area contributed by atoms with Gasteiger partial charge in [0.25, 0.3) is 0 Å². The third-order valence-electron chi connectivity index (χ3n) is 5.09. The molecule has 0 aromatic heterocycles. The summed E-state index contributed by atoms with van der Waals surface area (Å²) >= 11 is 0. The molecule has 0 aromatic carbocycles. The number of amides is 4. The highest BCUT2D eigenvalue weighted by Crippen LogP contribution is 2.41. The Morgan fingerprint density at radius 2 is 1.90 bits per heavy atom. The molecule has 1 saturated heterocycles. The summed E-state index contributed by atoms with van der Waals surface area (Å²) in [6.45, 7) is 4.10. The number of urea groups is 1. The van der Waals surface area contributed by atoms with Gasteiger partial charge in [0.1, 0.15) is 5.41 Å².